The Balaban J connectivity index is 2.78. The molecule has 1 heterocycles. The van der Waals surface area contributed by atoms with Crippen molar-refractivity contribution < 1.29 is 0 Å². The molecular weight excluding hydrogens is 178 g/mol. The second-order valence-corrected chi connectivity index (χ2v) is 4.85. The van der Waals surface area contributed by atoms with Crippen molar-refractivity contribution in [1.29, 1.82) is 0 Å². The molecule has 0 bridgehead atoms. The Bertz CT molecular complexity index is 429. The molecule has 13 heavy (non-hydrogen) atoms. The van der Waals surface area contributed by atoms with E-state index in [-0.39, 0.29) is 11.1 Å². The van der Waals surface area contributed by atoms with E-state index in [1.165, 1.54) is 16.5 Å². The zero-order valence-corrected chi connectivity index (χ0v) is 8.77. The lowest BCUT2D eigenvalue weighted by molar-refractivity contribution is 1.31. The van der Waals surface area contributed by atoms with Gasteiger partial charge in [-0.05, 0) is 18.6 Å². The molecule has 1 aromatic heterocycles. The number of aryl methyl sites for hydroxylation is 1. The van der Waals surface area contributed by atoms with Crippen molar-refractivity contribution in [1.82, 2.24) is 3.97 Å². The lowest BCUT2D eigenvalue weighted by atomic mass is 10.2. The molecule has 1 nitrogen and oxygen atoms in total. The minimum Gasteiger partial charge on any atom is -0.200 e. The second kappa shape index (κ2) is 3.11. The molecule has 0 saturated carbocycles. The van der Waals surface area contributed by atoms with Crippen molar-refractivity contribution in [3.63, 3.8) is 0 Å². The number of rotatable bonds is 1. The van der Waals surface area contributed by atoms with E-state index in [1.807, 2.05) is 0 Å². The fourth-order valence-electron chi connectivity index (χ4n) is 1.57. The Kier molecular flexibility index (Phi) is 2.08. The Morgan fingerprint density at radius 3 is 2.69 bits per heavy atom. The first-order valence-corrected chi connectivity index (χ1v) is 5.99. The van der Waals surface area contributed by atoms with Crippen molar-refractivity contribution in [3.8, 4) is 0 Å². The zero-order valence-electron chi connectivity index (χ0n) is 7.95. The average Bonchev–Trinajstić information content (AvgIpc) is 2.45. The summed E-state index contributed by atoms with van der Waals surface area (Å²) in [6, 6.07) is 8.46. The van der Waals surface area contributed by atoms with Crippen molar-refractivity contribution >= 4 is 22.0 Å². The van der Waals surface area contributed by atoms with Crippen LogP contribution in [-0.4, -0.2) is 10.2 Å². The van der Waals surface area contributed by atoms with Gasteiger partial charge < -0.3 is 0 Å². The summed E-state index contributed by atoms with van der Waals surface area (Å²) in [6.07, 6.45) is 8.38. The summed E-state index contributed by atoms with van der Waals surface area (Å²) >= 11 is 0.0340. The summed E-state index contributed by atoms with van der Waals surface area (Å²) in [4.78, 5) is 0. The molecule has 0 radical (unpaired) electrons. The molecule has 68 valence electrons. The summed E-state index contributed by atoms with van der Waals surface area (Å²) in [7, 11) is 0. The first-order valence-electron chi connectivity index (χ1n) is 4.23. The highest BCUT2D eigenvalue weighted by molar-refractivity contribution is 7.96. The standard InChI is InChI=1S/C11H13NS/c1-9-8-12(13(2)3)11-7-5-4-6-10(9)11/h4-8H,2H2,1,3H3. The van der Waals surface area contributed by atoms with E-state index in [2.05, 4.69) is 53.9 Å². The fraction of sp³-hybridized carbons (Fsp3) is 0.182. The molecule has 2 aromatic rings. The third-order valence-corrected chi connectivity index (χ3v) is 3.19. The molecule has 1 unspecified atom stereocenters. The normalized spacial score (nSPS) is 13.5. The number of benzene rings is 1. The number of hydrogen-bond acceptors (Lipinski definition) is 0. The number of aromatic nitrogens is 1. The van der Waals surface area contributed by atoms with Crippen LogP contribution in [0.2, 0.25) is 0 Å². The SMILES string of the molecule is [CH2-][S+](C)n1cc(C)c2ccccc21. The molecule has 0 N–H and O–H groups in total. The molecule has 0 aliphatic carbocycles. The van der Waals surface area contributed by atoms with Gasteiger partial charge in [-0.1, -0.05) is 35.5 Å². The van der Waals surface area contributed by atoms with Crippen LogP contribution < -0.4 is 0 Å². The van der Waals surface area contributed by atoms with Crippen LogP contribution in [0.5, 0.6) is 0 Å². The van der Waals surface area contributed by atoms with Gasteiger partial charge in [0.2, 0.25) is 0 Å². The van der Waals surface area contributed by atoms with Gasteiger partial charge in [-0.3, -0.25) is 0 Å². The number of para-hydroxylation sites is 1. The summed E-state index contributed by atoms with van der Waals surface area (Å²) < 4.78 is 2.24. The maximum Gasteiger partial charge on any atom is 0.0944 e. The molecule has 1 aromatic carbocycles. The number of fused-ring (bicyclic) bond motifs is 1. The molecule has 0 saturated heterocycles. The van der Waals surface area contributed by atoms with Crippen LogP contribution in [0.3, 0.4) is 0 Å². The van der Waals surface area contributed by atoms with Crippen LogP contribution in [0.25, 0.3) is 10.9 Å². The van der Waals surface area contributed by atoms with Crippen LogP contribution in [0, 0.1) is 13.2 Å². The predicted octanol–water partition coefficient (Wildman–Crippen LogP) is 2.75. The molecule has 1 atom stereocenters. The molecular formula is C11H13NS. The van der Waals surface area contributed by atoms with E-state index >= 15 is 0 Å². The smallest absolute Gasteiger partial charge is 0.0944 e. The number of nitrogens with zero attached hydrogens (tertiary/aromatic N) is 1. The minimum atomic E-state index is 0.0340. The van der Waals surface area contributed by atoms with E-state index in [9.17, 15) is 0 Å². The lowest BCUT2D eigenvalue weighted by Crippen LogP contribution is -2.04. The van der Waals surface area contributed by atoms with Crippen molar-refractivity contribution in [2.45, 2.75) is 6.92 Å². The maximum atomic E-state index is 4.06. The molecule has 2 rings (SSSR count). The first kappa shape index (κ1) is 8.70. The van der Waals surface area contributed by atoms with Crippen LogP contribution in [0.1, 0.15) is 5.56 Å². The van der Waals surface area contributed by atoms with Gasteiger partial charge in [-0.25, -0.2) is 3.97 Å². The molecule has 0 spiro atoms. The summed E-state index contributed by atoms with van der Waals surface area (Å²) in [6.45, 7) is 2.14. The third-order valence-electron chi connectivity index (χ3n) is 2.21. The summed E-state index contributed by atoms with van der Waals surface area (Å²) in [5, 5.41) is 1.34. The van der Waals surface area contributed by atoms with Crippen LogP contribution >= 0.6 is 0 Å². The van der Waals surface area contributed by atoms with Crippen LogP contribution in [0.4, 0.5) is 0 Å². The van der Waals surface area contributed by atoms with Crippen LogP contribution in [0.15, 0.2) is 30.5 Å². The van der Waals surface area contributed by atoms with Crippen LogP contribution in [-0.2, 0) is 11.1 Å². The molecule has 0 aliphatic rings. The van der Waals surface area contributed by atoms with Gasteiger partial charge in [0.1, 0.15) is 0 Å². The summed E-state index contributed by atoms with van der Waals surface area (Å²) in [5.41, 5.74) is 2.62. The van der Waals surface area contributed by atoms with E-state index in [0.29, 0.717) is 0 Å². The minimum absolute atomic E-state index is 0.0340. The van der Waals surface area contributed by atoms with Gasteiger partial charge in [0.25, 0.3) is 0 Å². The highest BCUT2D eigenvalue weighted by Crippen LogP contribution is 2.21. The van der Waals surface area contributed by atoms with Gasteiger partial charge in [-0.15, -0.1) is 0 Å². The Morgan fingerprint density at radius 2 is 2.00 bits per heavy atom. The quantitative estimate of drug-likeness (QED) is 0.482. The van der Waals surface area contributed by atoms with Gasteiger partial charge in [0.05, 0.1) is 18.0 Å². The third kappa shape index (κ3) is 1.35. The Hall–Kier alpha value is -0.890. The Labute approximate surface area is 81.9 Å². The topological polar surface area (TPSA) is 4.93 Å². The highest BCUT2D eigenvalue weighted by atomic mass is 32.2. The van der Waals surface area contributed by atoms with Gasteiger partial charge in [0.15, 0.2) is 0 Å². The molecule has 0 amide bonds. The second-order valence-electron chi connectivity index (χ2n) is 3.26. The van der Waals surface area contributed by atoms with E-state index in [0.717, 1.165) is 0 Å². The van der Waals surface area contributed by atoms with Crippen molar-refractivity contribution in [3.05, 3.63) is 42.3 Å². The monoisotopic (exact) mass is 191 g/mol. The molecule has 0 fully saturated rings. The first-order chi connectivity index (χ1) is 6.20. The highest BCUT2D eigenvalue weighted by Gasteiger charge is 2.08. The largest absolute Gasteiger partial charge is 0.200 e. The molecule has 2 heteroatoms. The van der Waals surface area contributed by atoms with E-state index in [4.69, 9.17) is 0 Å². The van der Waals surface area contributed by atoms with E-state index < -0.39 is 0 Å². The predicted molar refractivity (Wildman–Crippen MR) is 60.7 cm³/mol. The Morgan fingerprint density at radius 1 is 1.31 bits per heavy atom. The van der Waals surface area contributed by atoms with Crippen molar-refractivity contribution in [2.24, 2.45) is 0 Å². The fourth-order valence-corrected chi connectivity index (χ4v) is 2.41. The lowest BCUT2D eigenvalue weighted by Gasteiger charge is -2.04. The van der Waals surface area contributed by atoms with Crippen molar-refractivity contribution in [2.75, 3.05) is 6.26 Å². The van der Waals surface area contributed by atoms with Gasteiger partial charge in [0, 0.05) is 5.39 Å². The van der Waals surface area contributed by atoms with E-state index in [1.54, 1.807) is 0 Å². The molecule has 0 aliphatic heterocycles. The zero-order chi connectivity index (χ0) is 9.42. The number of hydrogen-bond donors (Lipinski definition) is 0. The average molecular weight is 191 g/mol. The van der Waals surface area contributed by atoms with Gasteiger partial charge in [-0.2, -0.15) is 0 Å². The maximum absolute atomic E-state index is 4.06. The van der Waals surface area contributed by atoms with Gasteiger partial charge >= 0.3 is 0 Å². The summed E-state index contributed by atoms with van der Waals surface area (Å²) in [5.74, 6) is 0.